The normalized spacial score (nSPS) is 11.7. The number of unbranched alkanes of at least 4 members (excludes halogenated alkanes) is 21. The van der Waals surface area contributed by atoms with E-state index in [-0.39, 0.29) is 58.7 Å². The Balaban J connectivity index is 2.71. The second-order valence-electron chi connectivity index (χ2n) is 16.7. The predicted octanol–water partition coefficient (Wildman–Crippen LogP) is 11.2. The third-order valence-electron chi connectivity index (χ3n) is 11.0. The summed E-state index contributed by atoms with van der Waals surface area (Å²) in [6, 6.07) is 0. The van der Waals surface area contributed by atoms with E-state index in [1.165, 1.54) is 57.8 Å². The van der Waals surface area contributed by atoms with Crippen LogP contribution in [0, 0.1) is 0 Å². The highest BCUT2D eigenvalue weighted by molar-refractivity contribution is 5.69. The van der Waals surface area contributed by atoms with Crippen LogP contribution in [0.5, 0.6) is 0 Å². The fraction of sp³-hybridized carbons (Fsp3) is 0.765. The maximum Gasteiger partial charge on any atom is 0.336 e. The highest BCUT2D eigenvalue weighted by Crippen LogP contribution is 2.11. The minimum absolute atomic E-state index is 0.231. The summed E-state index contributed by atoms with van der Waals surface area (Å²) >= 11 is 0. The number of aromatic nitrogens is 3. The molecule has 0 saturated carbocycles. The molecule has 0 bridgehead atoms. The molecule has 12 heteroatoms. The number of carbonyl (C=O) groups excluding carboxylic acids is 3. The van der Waals surface area contributed by atoms with E-state index in [1.807, 2.05) is 0 Å². The molecular formula is C51H87N3O9. The summed E-state index contributed by atoms with van der Waals surface area (Å²) in [4.78, 5) is 77.9. The Hall–Kier alpha value is -3.96. The average molecular weight is 886 g/mol. The van der Waals surface area contributed by atoms with Crippen LogP contribution in [0.2, 0.25) is 0 Å². The second kappa shape index (κ2) is 40.8. The van der Waals surface area contributed by atoms with Crippen molar-refractivity contribution in [2.24, 2.45) is 0 Å². The van der Waals surface area contributed by atoms with Gasteiger partial charge in [-0.15, -0.1) is 0 Å². The lowest BCUT2D eigenvalue weighted by Gasteiger charge is -2.14. The van der Waals surface area contributed by atoms with Gasteiger partial charge in [-0.1, -0.05) is 134 Å². The molecule has 1 rings (SSSR count). The molecule has 12 nitrogen and oxygen atoms in total. The number of hydrogen-bond acceptors (Lipinski definition) is 9. The third-order valence-corrected chi connectivity index (χ3v) is 11.0. The molecule has 0 amide bonds. The molecule has 0 N–H and O–H groups in total. The minimum atomic E-state index is -0.892. The van der Waals surface area contributed by atoms with Crippen molar-refractivity contribution in [3.8, 4) is 0 Å². The van der Waals surface area contributed by atoms with E-state index >= 15 is 0 Å². The summed E-state index contributed by atoms with van der Waals surface area (Å²) in [5.74, 6) is -1.26. The summed E-state index contributed by atoms with van der Waals surface area (Å²) in [6.45, 7) is 5.10. The van der Waals surface area contributed by atoms with Crippen molar-refractivity contribution in [1.82, 2.24) is 13.7 Å². The summed E-state index contributed by atoms with van der Waals surface area (Å²) in [6.07, 6.45) is 42.8. The van der Waals surface area contributed by atoms with Crippen LogP contribution in [-0.4, -0.2) is 51.4 Å². The fourth-order valence-electron chi connectivity index (χ4n) is 7.12. The summed E-state index contributed by atoms with van der Waals surface area (Å²) in [5, 5.41) is 0. The molecular weight excluding hydrogens is 799 g/mol. The summed E-state index contributed by atoms with van der Waals surface area (Å²) < 4.78 is 18.7. The highest BCUT2D eigenvalue weighted by atomic mass is 16.5. The Labute approximate surface area is 379 Å². The zero-order valence-electron chi connectivity index (χ0n) is 39.9. The standard InChI is InChI=1S/C51H87N3O9/c1-4-7-10-13-16-19-22-25-28-31-34-37-46(55)61-43-40-52-49(58)53(41-44-62-47(56)38-35-32-29-26-23-20-17-14-11-8-5-2)51(60)54(50(52)59)42-45-63-48(57)39-36-33-30-27-24-21-18-15-12-9-6-3/h16-21H,4-15,22-45H2,1-3H3/b19-16+,20-17+,21-18+. The quantitative estimate of drug-likeness (QED) is 0.0271. The van der Waals surface area contributed by atoms with Crippen molar-refractivity contribution >= 4 is 17.9 Å². The first kappa shape index (κ1) is 57.1. The fourth-order valence-corrected chi connectivity index (χ4v) is 7.12. The maximum atomic E-state index is 13.5. The van der Waals surface area contributed by atoms with Crippen molar-refractivity contribution in [1.29, 1.82) is 0 Å². The molecule has 0 radical (unpaired) electrons. The third kappa shape index (κ3) is 30.7. The molecule has 1 heterocycles. The van der Waals surface area contributed by atoms with E-state index in [1.54, 1.807) is 0 Å². The van der Waals surface area contributed by atoms with Gasteiger partial charge < -0.3 is 14.2 Å². The lowest BCUT2D eigenvalue weighted by atomic mass is 10.1. The van der Waals surface area contributed by atoms with Gasteiger partial charge in [0.2, 0.25) is 0 Å². The van der Waals surface area contributed by atoms with Gasteiger partial charge in [-0.3, -0.25) is 14.4 Å². The number of hydrogen-bond donors (Lipinski definition) is 0. The first-order valence-electron chi connectivity index (χ1n) is 25.1. The molecule has 0 fully saturated rings. The van der Waals surface area contributed by atoms with E-state index in [2.05, 4.69) is 57.2 Å². The molecule has 1 aromatic rings. The number of allylic oxidation sites excluding steroid dienone is 6. The lowest BCUT2D eigenvalue weighted by Crippen LogP contribution is -2.55. The van der Waals surface area contributed by atoms with Gasteiger partial charge in [0, 0.05) is 19.3 Å². The first-order chi connectivity index (χ1) is 30.8. The van der Waals surface area contributed by atoms with Gasteiger partial charge in [0.25, 0.3) is 0 Å². The second-order valence-corrected chi connectivity index (χ2v) is 16.7. The molecule has 0 atom stereocenters. The molecule has 0 aliphatic rings. The minimum Gasteiger partial charge on any atom is -0.464 e. The van der Waals surface area contributed by atoms with E-state index in [9.17, 15) is 28.8 Å². The van der Waals surface area contributed by atoms with Crippen LogP contribution in [0.25, 0.3) is 0 Å². The van der Waals surface area contributed by atoms with Gasteiger partial charge in [0.1, 0.15) is 19.8 Å². The zero-order valence-corrected chi connectivity index (χ0v) is 39.9. The number of rotatable bonds is 42. The number of nitrogens with zero attached hydrogens (tertiary/aromatic N) is 3. The Morgan fingerprint density at radius 2 is 0.571 bits per heavy atom. The largest absolute Gasteiger partial charge is 0.464 e. The maximum absolute atomic E-state index is 13.5. The Morgan fingerprint density at radius 3 is 0.810 bits per heavy atom. The monoisotopic (exact) mass is 886 g/mol. The molecule has 0 aliphatic heterocycles. The molecule has 0 unspecified atom stereocenters. The summed E-state index contributed by atoms with van der Waals surface area (Å²) in [7, 11) is 0. The van der Waals surface area contributed by atoms with E-state index in [0.717, 1.165) is 110 Å². The Kier molecular flexibility index (Phi) is 36.9. The zero-order chi connectivity index (χ0) is 46.0. The van der Waals surface area contributed by atoms with Crippen LogP contribution in [0.4, 0.5) is 0 Å². The van der Waals surface area contributed by atoms with Crippen LogP contribution >= 0.6 is 0 Å². The highest BCUT2D eigenvalue weighted by Gasteiger charge is 2.17. The topological polar surface area (TPSA) is 145 Å². The number of ether oxygens (including phenoxy) is 3. The van der Waals surface area contributed by atoms with E-state index in [4.69, 9.17) is 14.2 Å². The molecule has 1 aromatic heterocycles. The molecule has 0 spiro atoms. The van der Waals surface area contributed by atoms with Gasteiger partial charge in [-0.05, 0) is 96.3 Å². The van der Waals surface area contributed by atoms with Crippen LogP contribution in [0.3, 0.4) is 0 Å². The summed E-state index contributed by atoms with van der Waals surface area (Å²) in [5.41, 5.74) is -2.68. The first-order valence-corrected chi connectivity index (χ1v) is 25.1. The van der Waals surface area contributed by atoms with Crippen LogP contribution in [-0.2, 0) is 48.2 Å². The van der Waals surface area contributed by atoms with Crippen molar-refractivity contribution in [2.75, 3.05) is 19.8 Å². The van der Waals surface area contributed by atoms with Crippen LogP contribution in [0.15, 0.2) is 50.8 Å². The van der Waals surface area contributed by atoms with E-state index in [0.29, 0.717) is 19.3 Å². The van der Waals surface area contributed by atoms with Crippen molar-refractivity contribution in [2.45, 2.75) is 233 Å². The molecule has 63 heavy (non-hydrogen) atoms. The smallest absolute Gasteiger partial charge is 0.336 e. The Bertz CT molecular complexity index is 1390. The van der Waals surface area contributed by atoms with Crippen LogP contribution < -0.4 is 17.1 Å². The molecule has 0 saturated heterocycles. The van der Waals surface area contributed by atoms with Crippen molar-refractivity contribution in [3.63, 3.8) is 0 Å². The average Bonchev–Trinajstić information content (AvgIpc) is 3.27. The van der Waals surface area contributed by atoms with Gasteiger partial charge in [0.15, 0.2) is 0 Å². The van der Waals surface area contributed by atoms with Gasteiger partial charge in [0.05, 0.1) is 19.6 Å². The SMILES string of the molecule is CCCCC/C=C/CCCCCCC(=O)OCCn1c(=O)n(CCOC(=O)CCCCCC/C=C/CCCCC)c(=O)n(CCOC(=O)CCCCCC/C=C/CCCCC)c1=O. The van der Waals surface area contributed by atoms with Gasteiger partial charge in [-0.25, -0.2) is 28.1 Å². The lowest BCUT2D eigenvalue weighted by molar-refractivity contribution is -0.144. The van der Waals surface area contributed by atoms with Gasteiger partial charge in [-0.2, -0.15) is 0 Å². The Morgan fingerprint density at radius 1 is 0.349 bits per heavy atom. The van der Waals surface area contributed by atoms with Crippen molar-refractivity contribution in [3.05, 3.63) is 67.9 Å². The number of esters is 3. The van der Waals surface area contributed by atoms with Crippen LogP contribution in [0.1, 0.15) is 213 Å². The molecule has 0 aromatic carbocycles. The molecule has 360 valence electrons. The molecule has 0 aliphatic carbocycles. The number of carbonyl (C=O) groups is 3. The van der Waals surface area contributed by atoms with Gasteiger partial charge >= 0.3 is 35.0 Å². The predicted molar refractivity (Wildman–Crippen MR) is 255 cm³/mol. The van der Waals surface area contributed by atoms with Crippen molar-refractivity contribution < 1.29 is 28.6 Å². The van der Waals surface area contributed by atoms with E-state index < -0.39 is 35.0 Å².